The van der Waals surface area contributed by atoms with Crippen molar-refractivity contribution in [3.8, 4) is 0 Å². The third kappa shape index (κ3) is 84.2. The van der Waals surface area contributed by atoms with Crippen LogP contribution in [0, 0.1) is 21.7 Å². The highest BCUT2D eigenvalue weighted by Crippen LogP contribution is 2.21. The Labute approximate surface area is 238 Å². The van der Waals surface area contributed by atoms with E-state index in [1.165, 1.54) is 19.3 Å². The van der Waals surface area contributed by atoms with E-state index in [2.05, 4.69) is 87.8 Å². The van der Waals surface area contributed by atoms with Crippen LogP contribution in [0.1, 0.15) is 189 Å². The van der Waals surface area contributed by atoms with E-state index in [-0.39, 0.29) is 65.4 Å². The SMILES string of the molecule is C.C.C.C.C.C.C.C.CCC(C)(C)C.CCC(C)(C)C.CCC(C)(C)C.CCC(C)(C)C(=O)OCO. The summed E-state index contributed by atoms with van der Waals surface area (Å²) in [5, 5.41) is 8.25. The average Bonchev–Trinajstić information content (AvgIpc) is 2.54. The summed E-state index contributed by atoms with van der Waals surface area (Å²) >= 11 is 0. The van der Waals surface area contributed by atoms with E-state index in [1.54, 1.807) is 13.8 Å². The maximum atomic E-state index is 10.9. The molecule has 0 aromatic carbocycles. The van der Waals surface area contributed by atoms with Crippen molar-refractivity contribution in [2.75, 3.05) is 6.79 Å². The van der Waals surface area contributed by atoms with Crippen LogP contribution in [0.2, 0.25) is 0 Å². The third-order valence-electron chi connectivity index (χ3n) is 4.81. The molecule has 0 atom stereocenters. The van der Waals surface area contributed by atoms with Crippen LogP contribution >= 0.6 is 0 Å². The van der Waals surface area contributed by atoms with E-state index in [4.69, 9.17) is 5.11 Å². The van der Waals surface area contributed by atoms with Gasteiger partial charge in [-0.05, 0) is 36.5 Å². The Bertz CT molecular complexity index is 317. The smallest absolute Gasteiger partial charge is 0.313 e. The van der Waals surface area contributed by atoms with Gasteiger partial charge in [0.05, 0.1) is 5.41 Å². The summed E-state index contributed by atoms with van der Waals surface area (Å²) in [6.45, 7) is 31.8. The lowest BCUT2D eigenvalue weighted by Gasteiger charge is -2.18. The molecular weight excluding hydrogens is 444 g/mol. The molecule has 0 heterocycles. The molecule has 0 aromatic rings. The molecule has 0 rings (SSSR count). The molecule has 0 saturated heterocycles. The van der Waals surface area contributed by atoms with E-state index in [1.807, 2.05) is 6.92 Å². The Balaban J connectivity index is -0.0000000203. The van der Waals surface area contributed by atoms with Gasteiger partial charge in [-0.25, -0.2) is 0 Å². The molecule has 0 bridgehead atoms. The molecule has 0 radical (unpaired) electrons. The molecule has 3 nitrogen and oxygen atoms in total. The summed E-state index contributed by atoms with van der Waals surface area (Å²) in [6.07, 6.45) is 4.53. The molecule has 0 aliphatic rings. The molecule has 0 aromatic heterocycles. The van der Waals surface area contributed by atoms with E-state index in [9.17, 15) is 4.79 Å². The van der Waals surface area contributed by atoms with E-state index in [0.717, 1.165) is 0 Å². The van der Waals surface area contributed by atoms with Crippen LogP contribution in [0.5, 0.6) is 0 Å². The molecule has 0 aliphatic heterocycles. The van der Waals surface area contributed by atoms with Crippen LogP contribution in [0.25, 0.3) is 0 Å². The Morgan fingerprint density at radius 2 is 0.667 bits per heavy atom. The molecule has 0 spiro atoms. The van der Waals surface area contributed by atoms with E-state index >= 15 is 0 Å². The summed E-state index contributed by atoms with van der Waals surface area (Å²) in [5.74, 6) is -0.350. The lowest BCUT2D eigenvalue weighted by atomic mass is 9.91. The standard InChI is InChI=1S/C7H14O3.3C6H14.8CH4/c1-4-7(2,3)6(9)10-5-8;3*1-5-6(2,3)4;;;;;;;;/h8H,4-5H2,1-3H3;3*5H2,1-4H3;8*1H4. The van der Waals surface area contributed by atoms with Crippen molar-refractivity contribution in [1.82, 2.24) is 0 Å². The summed E-state index contributed by atoms with van der Waals surface area (Å²) in [6, 6.07) is 0. The monoisotopic (exact) mass is 533 g/mol. The van der Waals surface area contributed by atoms with Gasteiger partial charge in [0, 0.05) is 0 Å². The number of carbonyl (C=O) groups excluding carboxylic acids is 1. The second kappa shape index (κ2) is 36.6. The molecule has 1 N–H and O–H groups in total. The number of carbonyl (C=O) groups is 1. The third-order valence-corrected chi connectivity index (χ3v) is 4.81. The van der Waals surface area contributed by atoms with Crippen molar-refractivity contribution in [2.45, 2.75) is 189 Å². The summed E-state index contributed by atoms with van der Waals surface area (Å²) in [7, 11) is 0. The molecule has 0 amide bonds. The highest BCUT2D eigenvalue weighted by molar-refractivity contribution is 5.75. The Morgan fingerprint density at radius 1 is 0.500 bits per heavy atom. The fraction of sp³-hybridized carbons (Fsp3) is 0.970. The highest BCUT2D eigenvalue weighted by Gasteiger charge is 2.26. The van der Waals surface area contributed by atoms with Crippen molar-refractivity contribution >= 4 is 5.97 Å². The largest absolute Gasteiger partial charge is 0.438 e. The predicted molar refractivity (Wildman–Crippen MR) is 180 cm³/mol. The first kappa shape index (κ1) is 76.5. The van der Waals surface area contributed by atoms with Gasteiger partial charge in [-0.15, -0.1) is 0 Å². The van der Waals surface area contributed by atoms with Gasteiger partial charge < -0.3 is 9.84 Å². The van der Waals surface area contributed by atoms with Gasteiger partial charge in [-0.2, -0.15) is 0 Å². The van der Waals surface area contributed by atoms with E-state index in [0.29, 0.717) is 22.7 Å². The highest BCUT2D eigenvalue weighted by atomic mass is 16.6. The number of esters is 1. The number of aliphatic hydroxyl groups is 1. The van der Waals surface area contributed by atoms with Crippen molar-refractivity contribution < 1.29 is 14.6 Å². The van der Waals surface area contributed by atoms with E-state index < -0.39 is 12.2 Å². The number of hydrogen-bond acceptors (Lipinski definition) is 3. The van der Waals surface area contributed by atoms with Gasteiger partial charge >= 0.3 is 5.97 Å². The normalized spacial score (nSPS) is 9.11. The Kier molecular flexibility index (Phi) is 77.8. The first-order valence-corrected chi connectivity index (χ1v) is 11.0. The first-order valence-electron chi connectivity index (χ1n) is 11.0. The zero-order valence-electron chi connectivity index (χ0n) is 22.3. The average molecular weight is 533 g/mol. The molecule has 0 fully saturated rings. The molecule has 238 valence electrons. The Hall–Kier alpha value is -0.570. The molecule has 0 unspecified atom stereocenters. The lowest BCUT2D eigenvalue weighted by molar-refractivity contribution is -0.162. The summed E-state index contributed by atoms with van der Waals surface area (Å²) < 4.78 is 4.41. The van der Waals surface area contributed by atoms with Crippen LogP contribution in [0.15, 0.2) is 0 Å². The fourth-order valence-corrected chi connectivity index (χ4v) is 0.398. The minimum absolute atomic E-state index is 0. The van der Waals surface area contributed by atoms with Crippen LogP contribution in [0.3, 0.4) is 0 Å². The van der Waals surface area contributed by atoms with Crippen molar-refractivity contribution in [3.05, 3.63) is 0 Å². The van der Waals surface area contributed by atoms with Crippen LogP contribution in [-0.2, 0) is 9.53 Å². The van der Waals surface area contributed by atoms with Gasteiger partial charge in [0.2, 0.25) is 0 Å². The lowest BCUT2D eigenvalue weighted by Crippen LogP contribution is -2.25. The number of ether oxygens (including phenoxy) is 1. The van der Waals surface area contributed by atoms with Gasteiger partial charge in [0.1, 0.15) is 0 Å². The second-order valence-corrected chi connectivity index (χ2v) is 11.5. The molecule has 3 heteroatoms. The summed E-state index contributed by atoms with van der Waals surface area (Å²) in [5.41, 5.74) is 1.16. The fourth-order valence-electron chi connectivity index (χ4n) is 0.398. The van der Waals surface area contributed by atoms with Crippen molar-refractivity contribution in [2.24, 2.45) is 21.7 Å². The summed E-state index contributed by atoms with van der Waals surface area (Å²) in [4.78, 5) is 10.9. The van der Waals surface area contributed by atoms with Gasteiger partial charge in [0.25, 0.3) is 0 Å². The second-order valence-electron chi connectivity index (χ2n) is 11.5. The maximum Gasteiger partial charge on any atom is 0.313 e. The number of hydrogen-bond donors (Lipinski definition) is 1. The molecule has 0 aliphatic carbocycles. The number of rotatable bonds is 3. The topological polar surface area (TPSA) is 46.5 Å². The van der Waals surface area contributed by atoms with Gasteiger partial charge in [-0.3, -0.25) is 4.79 Å². The number of aliphatic hydroxyl groups excluding tert-OH is 1. The first-order chi connectivity index (χ1) is 12.2. The zero-order chi connectivity index (χ0) is 23.8. The quantitative estimate of drug-likeness (QED) is 0.290. The predicted octanol–water partition coefficient (Wildman–Crippen LogP) is 13.3. The van der Waals surface area contributed by atoms with Crippen molar-refractivity contribution in [1.29, 1.82) is 0 Å². The minimum atomic E-state index is -0.526. The van der Waals surface area contributed by atoms with Gasteiger partial charge in [-0.1, -0.05) is 169 Å². The van der Waals surface area contributed by atoms with Gasteiger partial charge in [0.15, 0.2) is 6.79 Å². The maximum absolute atomic E-state index is 10.9. The van der Waals surface area contributed by atoms with Crippen molar-refractivity contribution in [3.63, 3.8) is 0 Å². The van der Waals surface area contributed by atoms with Crippen LogP contribution in [0.4, 0.5) is 0 Å². The zero-order valence-corrected chi connectivity index (χ0v) is 22.3. The molecule has 0 saturated carbocycles. The molecular formula is C33H88O3. The van der Waals surface area contributed by atoms with Crippen LogP contribution in [-0.4, -0.2) is 17.9 Å². The molecule has 36 heavy (non-hydrogen) atoms. The van der Waals surface area contributed by atoms with Crippen LogP contribution < -0.4 is 0 Å². The Morgan fingerprint density at radius 3 is 0.750 bits per heavy atom. The minimum Gasteiger partial charge on any atom is -0.438 e.